The van der Waals surface area contributed by atoms with Crippen LogP contribution in [0.3, 0.4) is 0 Å². The van der Waals surface area contributed by atoms with Crippen LogP contribution in [0.4, 0.5) is 0 Å². The normalized spacial score (nSPS) is 20.7. The number of hydrogen-bond donors (Lipinski definition) is 1. The van der Waals surface area contributed by atoms with Crippen LogP contribution in [0.15, 0.2) is 42.5 Å². The van der Waals surface area contributed by atoms with Crippen LogP contribution in [-0.4, -0.2) is 49.8 Å². The summed E-state index contributed by atoms with van der Waals surface area (Å²) in [5.41, 5.74) is 2.48. The molecule has 0 spiro atoms. The first-order chi connectivity index (χ1) is 14.4. The third-order valence-corrected chi connectivity index (χ3v) is 5.71. The van der Waals surface area contributed by atoms with Crippen molar-refractivity contribution in [2.75, 3.05) is 33.4 Å². The Morgan fingerprint density at radius 1 is 1.17 bits per heavy atom. The average molecular weight is 411 g/mol. The summed E-state index contributed by atoms with van der Waals surface area (Å²) >= 11 is 0. The Bertz CT molecular complexity index is 889. The number of morpholine rings is 1. The third-order valence-electron chi connectivity index (χ3n) is 5.71. The van der Waals surface area contributed by atoms with Gasteiger partial charge < -0.3 is 19.5 Å². The van der Waals surface area contributed by atoms with Crippen molar-refractivity contribution in [3.05, 3.63) is 59.2 Å². The van der Waals surface area contributed by atoms with E-state index in [1.165, 1.54) is 5.56 Å². The van der Waals surface area contributed by atoms with Crippen LogP contribution in [0.25, 0.3) is 0 Å². The molecule has 4 rings (SSSR count). The van der Waals surface area contributed by atoms with Gasteiger partial charge in [0.15, 0.2) is 0 Å². The maximum atomic E-state index is 13.0. The highest BCUT2D eigenvalue weighted by Crippen LogP contribution is 2.41. The van der Waals surface area contributed by atoms with Crippen LogP contribution < -0.4 is 14.8 Å². The largest absolute Gasteiger partial charge is 0.497 e. The first-order valence-electron chi connectivity index (χ1n) is 10.5. The molecule has 2 aliphatic rings. The van der Waals surface area contributed by atoms with Gasteiger partial charge in [-0.2, -0.15) is 0 Å². The van der Waals surface area contributed by atoms with E-state index in [0.29, 0.717) is 12.0 Å². The van der Waals surface area contributed by atoms with E-state index in [2.05, 4.69) is 10.2 Å². The molecule has 0 aliphatic carbocycles. The zero-order valence-corrected chi connectivity index (χ0v) is 17.9. The Kier molecular flexibility index (Phi) is 5.97. The number of fused-ring (bicyclic) bond motifs is 1. The van der Waals surface area contributed by atoms with Crippen molar-refractivity contribution in [1.29, 1.82) is 0 Å². The summed E-state index contributed by atoms with van der Waals surface area (Å²) < 4.78 is 16.8. The van der Waals surface area contributed by atoms with Crippen molar-refractivity contribution in [2.45, 2.75) is 38.5 Å². The second-order valence-corrected chi connectivity index (χ2v) is 8.58. The van der Waals surface area contributed by atoms with E-state index in [4.69, 9.17) is 14.2 Å². The van der Waals surface area contributed by atoms with Crippen molar-refractivity contribution in [2.24, 2.45) is 0 Å². The molecular weight excluding hydrogens is 380 g/mol. The summed E-state index contributed by atoms with van der Waals surface area (Å²) in [7, 11) is 1.64. The molecule has 0 saturated carbocycles. The standard InChI is InChI=1S/C24H30N2O4/c1-24(2)15-21(20-9-8-19(28-3)14-22(20)30-24)25-23(27)18-6-4-17(5-7-18)16-26-10-12-29-13-11-26/h4-9,14,21H,10-13,15-16H2,1-3H3,(H,25,27). The lowest BCUT2D eigenvalue weighted by molar-refractivity contribution is 0.0342. The molecule has 30 heavy (non-hydrogen) atoms. The fraction of sp³-hybridized carbons (Fsp3) is 0.458. The summed E-state index contributed by atoms with van der Waals surface area (Å²) in [6, 6.07) is 13.5. The van der Waals surface area contributed by atoms with Gasteiger partial charge in [-0.25, -0.2) is 0 Å². The van der Waals surface area contributed by atoms with Crippen molar-refractivity contribution in [3.63, 3.8) is 0 Å². The molecule has 0 aromatic heterocycles. The molecular formula is C24H30N2O4. The Morgan fingerprint density at radius 3 is 2.60 bits per heavy atom. The Hall–Kier alpha value is -2.57. The average Bonchev–Trinajstić information content (AvgIpc) is 2.73. The van der Waals surface area contributed by atoms with Gasteiger partial charge in [-0.15, -0.1) is 0 Å². The summed E-state index contributed by atoms with van der Waals surface area (Å²) in [6.07, 6.45) is 0.702. The van der Waals surface area contributed by atoms with Gasteiger partial charge in [0.05, 0.1) is 26.4 Å². The van der Waals surface area contributed by atoms with Gasteiger partial charge in [-0.3, -0.25) is 9.69 Å². The lowest BCUT2D eigenvalue weighted by Gasteiger charge is -2.38. The number of benzene rings is 2. The Labute approximate surface area is 178 Å². The molecule has 2 aliphatic heterocycles. The van der Waals surface area contributed by atoms with E-state index in [0.717, 1.165) is 49.9 Å². The Morgan fingerprint density at radius 2 is 1.90 bits per heavy atom. The van der Waals surface area contributed by atoms with Gasteiger partial charge in [0.1, 0.15) is 17.1 Å². The minimum Gasteiger partial charge on any atom is -0.497 e. The summed E-state index contributed by atoms with van der Waals surface area (Å²) in [5, 5.41) is 3.20. The maximum Gasteiger partial charge on any atom is 0.251 e. The zero-order valence-electron chi connectivity index (χ0n) is 17.9. The predicted octanol–water partition coefficient (Wildman–Crippen LogP) is 3.56. The quantitative estimate of drug-likeness (QED) is 0.817. The van der Waals surface area contributed by atoms with E-state index < -0.39 is 0 Å². The molecule has 2 aromatic carbocycles. The number of amides is 1. The lowest BCUT2D eigenvalue weighted by atomic mass is 9.89. The molecule has 2 heterocycles. The van der Waals surface area contributed by atoms with E-state index in [-0.39, 0.29) is 17.6 Å². The fourth-order valence-electron chi connectivity index (χ4n) is 4.11. The fourth-order valence-corrected chi connectivity index (χ4v) is 4.11. The second kappa shape index (κ2) is 8.66. The number of methoxy groups -OCH3 is 1. The SMILES string of the molecule is COc1ccc2c(c1)OC(C)(C)CC2NC(=O)c1ccc(CN2CCOCC2)cc1. The van der Waals surface area contributed by atoms with Crippen molar-refractivity contribution < 1.29 is 19.0 Å². The molecule has 1 saturated heterocycles. The number of ether oxygens (including phenoxy) is 3. The minimum atomic E-state index is -0.376. The molecule has 1 atom stereocenters. The van der Waals surface area contributed by atoms with E-state index >= 15 is 0 Å². The highest BCUT2D eigenvalue weighted by atomic mass is 16.5. The molecule has 6 nitrogen and oxygen atoms in total. The van der Waals surface area contributed by atoms with Crippen molar-refractivity contribution in [3.8, 4) is 11.5 Å². The van der Waals surface area contributed by atoms with Gasteiger partial charge in [0.2, 0.25) is 0 Å². The molecule has 1 unspecified atom stereocenters. The molecule has 0 radical (unpaired) electrons. The molecule has 160 valence electrons. The second-order valence-electron chi connectivity index (χ2n) is 8.58. The Balaban J connectivity index is 1.45. The summed E-state index contributed by atoms with van der Waals surface area (Å²) in [5.74, 6) is 1.43. The summed E-state index contributed by atoms with van der Waals surface area (Å²) in [4.78, 5) is 15.3. The number of nitrogens with one attached hydrogen (secondary N) is 1. The molecule has 6 heteroatoms. The van der Waals surface area contributed by atoms with Gasteiger partial charge in [-0.05, 0) is 43.7 Å². The first-order valence-corrected chi connectivity index (χ1v) is 10.5. The van der Waals surface area contributed by atoms with Crippen molar-refractivity contribution >= 4 is 5.91 Å². The van der Waals surface area contributed by atoms with Crippen LogP contribution in [-0.2, 0) is 11.3 Å². The number of hydrogen-bond acceptors (Lipinski definition) is 5. The third kappa shape index (κ3) is 4.77. The number of rotatable bonds is 5. The number of carbonyl (C=O) groups is 1. The van der Waals surface area contributed by atoms with Crippen LogP contribution in [0.5, 0.6) is 11.5 Å². The molecule has 1 N–H and O–H groups in total. The lowest BCUT2D eigenvalue weighted by Crippen LogP contribution is -2.41. The van der Waals surface area contributed by atoms with Gasteiger partial charge in [-0.1, -0.05) is 12.1 Å². The van der Waals surface area contributed by atoms with Crippen LogP contribution in [0, 0.1) is 0 Å². The minimum absolute atomic E-state index is 0.0719. The molecule has 1 fully saturated rings. The predicted molar refractivity (Wildman–Crippen MR) is 115 cm³/mol. The molecule has 0 bridgehead atoms. The zero-order chi connectivity index (χ0) is 21.1. The number of carbonyl (C=O) groups excluding carboxylic acids is 1. The van der Waals surface area contributed by atoms with Crippen LogP contribution in [0.1, 0.15) is 47.8 Å². The van der Waals surface area contributed by atoms with Crippen LogP contribution >= 0.6 is 0 Å². The maximum absolute atomic E-state index is 13.0. The first kappa shape index (κ1) is 20.7. The van der Waals surface area contributed by atoms with E-state index in [1.807, 2.05) is 56.3 Å². The van der Waals surface area contributed by atoms with Gasteiger partial charge in [0.25, 0.3) is 5.91 Å². The number of nitrogens with zero attached hydrogens (tertiary/aromatic N) is 1. The monoisotopic (exact) mass is 410 g/mol. The van der Waals surface area contributed by atoms with Gasteiger partial charge >= 0.3 is 0 Å². The molecule has 1 amide bonds. The van der Waals surface area contributed by atoms with Crippen molar-refractivity contribution in [1.82, 2.24) is 10.2 Å². The van der Waals surface area contributed by atoms with Gasteiger partial charge in [0, 0.05) is 43.2 Å². The van der Waals surface area contributed by atoms with Crippen LogP contribution in [0.2, 0.25) is 0 Å². The topological polar surface area (TPSA) is 60.0 Å². The summed E-state index contributed by atoms with van der Waals surface area (Å²) in [6.45, 7) is 8.43. The smallest absolute Gasteiger partial charge is 0.251 e. The van der Waals surface area contributed by atoms with E-state index in [9.17, 15) is 4.79 Å². The highest BCUT2D eigenvalue weighted by Gasteiger charge is 2.35. The van der Waals surface area contributed by atoms with E-state index in [1.54, 1.807) is 7.11 Å². The molecule has 2 aromatic rings. The highest BCUT2D eigenvalue weighted by molar-refractivity contribution is 5.94.